The van der Waals surface area contributed by atoms with Crippen LogP contribution in [-0.4, -0.2) is 10.2 Å². The predicted octanol–water partition coefficient (Wildman–Crippen LogP) is 3.86. The van der Waals surface area contributed by atoms with E-state index in [1.165, 1.54) is 0 Å². The molecule has 0 aromatic heterocycles. The minimum atomic E-state index is 0.00167. The maximum absolute atomic E-state index is 9.93. The highest BCUT2D eigenvalue weighted by Gasteiger charge is 2.19. The average molecular weight is 355 g/mol. The van der Waals surface area contributed by atoms with Crippen LogP contribution < -0.4 is 11.5 Å². The molecular formula is C17H20Cl2N2O2. The monoisotopic (exact) mass is 354 g/mol. The maximum atomic E-state index is 9.93. The Morgan fingerprint density at radius 2 is 1.26 bits per heavy atom. The summed E-state index contributed by atoms with van der Waals surface area (Å²) in [5.41, 5.74) is 14.4. The highest BCUT2D eigenvalue weighted by Crippen LogP contribution is 2.38. The topological polar surface area (TPSA) is 92.5 Å². The summed E-state index contributed by atoms with van der Waals surface area (Å²) in [6, 6.07) is 7.15. The van der Waals surface area contributed by atoms with Crippen LogP contribution in [-0.2, 0) is 13.1 Å². The Balaban J connectivity index is 2.57. The van der Waals surface area contributed by atoms with Gasteiger partial charge in [0.15, 0.2) is 0 Å². The third kappa shape index (κ3) is 3.56. The first-order chi connectivity index (χ1) is 10.9. The van der Waals surface area contributed by atoms with Gasteiger partial charge in [0, 0.05) is 30.1 Å². The fourth-order valence-electron chi connectivity index (χ4n) is 2.74. The molecule has 0 atom stereocenters. The molecule has 0 aliphatic heterocycles. The number of phenols is 2. The lowest BCUT2D eigenvalue weighted by Gasteiger charge is -2.20. The van der Waals surface area contributed by atoms with Crippen molar-refractivity contribution >= 4 is 23.2 Å². The molecule has 0 unspecified atom stereocenters. The molecule has 0 radical (unpaired) electrons. The van der Waals surface area contributed by atoms with Gasteiger partial charge in [0.25, 0.3) is 0 Å². The zero-order chi connectivity index (χ0) is 17.1. The van der Waals surface area contributed by atoms with Crippen LogP contribution in [0.15, 0.2) is 24.3 Å². The van der Waals surface area contributed by atoms with Crippen LogP contribution >= 0.6 is 23.2 Å². The highest BCUT2D eigenvalue weighted by molar-refractivity contribution is 6.32. The molecule has 0 amide bonds. The van der Waals surface area contributed by atoms with Crippen LogP contribution in [0.5, 0.6) is 11.5 Å². The Kier molecular flexibility index (Phi) is 5.76. The molecular weight excluding hydrogens is 335 g/mol. The minimum absolute atomic E-state index is 0.00167. The summed E-state index contributed by atoms with van der Waals surface area (Å²) < 4.78 is 0. The van der Waals surface area contributed by atoms with Crippen molar-refractivity contribution in [2.24, 2.45) is 11.5 Å². The van der Waals surface area contributed by atoms with Gasteiger partial charge in [0.2, 0.25) is 0 Å². The van der Waals surface area contributed by atoms with E-state index in [1.54, 1.807) is 12.1 Å². The van der Waals surface area contributed by atoms with Gasteiger partial charge in [0.05, 0.1) is 10.0 Å². The van der Waals surface area contributed by atoms with Crippen molar-refractivity contribution in [2.45, 2.75) is 32.4 Å². The van der Waals surface area contributed by atoms with E-state index in [4.69, 9.17) is 34.7 Å². The number of benzene rings is 2. The summed E-state index contributed by atoms with van der Waals surface area (Å²) >= 11 is 12.2. The molecule has 0 bridgehead atoms. The first kappa shape index (κ1) is 17.9. The lowest BCUT2D eigenvalue weighted by atomic mass is 9.87. The van der Waals surface area contributed by atoms with Crippen LogP contribution in [0, 0.1) is 0 Å². The zero-order valence-electron chi connectivity index (χ0n) is 12.8. The van der Waals surface area contributed by atoms with E-state index < -0.39 is 0 Å². The Labute approximate surface area is 145 Å². The number of hydrogen-bond acceptors (Lipinski definition) is 4. The van der Waals surface area contributed by atoms with Gasteiger partial charge in [-0.3, -0.25) is 0 Å². The summed E-state index contributed by atoms with van der Waals surface area (Å²) in [6.07, 6.45) is 0.788. The summed E-state index contributed by atoms with van der Waals surface area (Å²) in [5, 5.41) is 20.4. The molecule has 0 saturated carbocycles. The van der Waals surface area contributed by atoms with Gasteiger partial charge in [0.1, 0.15) is 11.5 Å². The average Bonchev–Trinajstić information content (AvgIpc) is 2.54. The third-order valence-corrected chi connectivity index (χ3v) is 4.56. The normalized spacial score (nSPS) is 11.2. The van der Waals surface area contributed by atoms with Gasteiger partial charge in [-0.15, -0.1) is 0 Å². The van der Waals surface area contributed by atoms with Crippen molar-refractivity contribution in [1.29, 1.82) is 0 Å². The second-order valence-corrected chi connectivity index (χ2v) is 6.20. The smallest absolute Gasteiger partial charge is 0.138 e. The van der Waals surface area contributed by atoms with Gasteiger partial charge >= 0.3 is 0 Å². The zero-order valence-corrected chi connectivity index (χ0v) is 14.3. The number of nitrogens with two attached hydrogens (primary N) is 2. The van der Waals surface area contributed by atoms with E-state index in [9.17, 15) is 10.2 Å². The molecule has 6 heteroatoms. The van der Waals surface area contributed by atoms with Gasteiger partial charge < -0.3 is 21.7 Å². The minimum Gasteiger partial charge on any atom is -0.506 e. The van der Waals surface area contributed by atoms with E-state index in [0.717, 1.165) is 17.5 Å². The summed E-state index contributed by atoms with van der Waals surface area (Å²) in [4.78, 5) is 0. The third-order valence-electron chi connectivity index (χ3n) is 3.98. The Morgan fingerprint density at radius 1 is 0.870 bits per heavy atom. The standard InChI is InChI=1S/C17H20Cl2N2O2/c1-2-13(9-3-11(7-20)16(22)14(18)5-9)10-4-12(8-21)17(23)15(19)6-10/h3-6,13,22-23H,2,7-8,20-21H2,1H3. The van der Waals surface area contributed by atoms with E-state index in [0.29, 0.717) is 11.1 Å². The molecule has 2 rings (SSSR count). The molecule has 0 saturated heterocycles. The quantitative estimate of drug-likeness (QED) is 0.655. The fraction of sp³-hybridized carbons (Fsp3) is 0.294. The molecule has 0 aliphatic rings. The number of phenolic OH excluding ortho intramolecular Hbond substituents is 2. The largest absolute Gasteiger partial charge is 0.506 e. The van der Waals surface area contributed by atoms with Crippen LogP contribution in [0.3, 0.4) is 0 Å². The number of rotatable bonds is 5. The van der Waals surface area contributed by atoms with Gasteiger partial charge in [-0.1, -0.05) is 42.3 Å². The molecule has 4 nitrogen and oxygen atoms in total. The first-order valence-corrected chi connectivity index (χ1v) is 8.11. The van der Waals surface area contributed by atoms with Crippen LogP contribution in [0.25, 0.3) is 0 Å². The van der Waals surface area contributed by atoms with Crippen molar-refractivity contribution in [3.05, 3.63) is 56.6 Å². The van der Waals surface area contributed by atoms with Crippen LogP contribution in [0.4, 0.5) is 0 Å². The predicted molar refractivity (Wildman–Crippen MR) is 94.2 cm³/mol. The number of hydrogen-bond donors (Lipinski definition) is 4. The molecule has 124 valence electrons. The lowest BCUT2D eigenvalue weighted by molar-refractivity contribution is 0.468. The van der Waals surface area contributed by atoms with E-state index in [2.05, 4.69) is 0 Å². The first-order valence-electron chi connectivity index (χ1n) is 7.35. The van der Waals surface area contributed by atoms with Crippen molar-refractivity contribution in [2.75, 3.05) is 0 Å². The summed E-state index contributed by atoms with van der Waals surface area (Å²) in [5.74, 6) is 0.0279. The van der Waals surface area contributed by atoms with Crippen molar-refractivity contribution < 1.29 is 10.2 Å². The Hall–Kier alpha value is -1.46. The highest BCUT2D eigenvalue weighted by atomic mass is 35.5. The van der Waals surface area contributed by atoms with E-state index >= 15 is 0 Å². The van der Waals surface area contributed by atoms with Crippen molar-refractivity contribution in [3.63, 3.8) is 0 Å². The molecule has 0 spiro atoms. The molecule has 2 aromatic carbocycles. The molecule has 0 fully saturated rings. The molecule has 0 heterocycles. The Bertz CT molecular complexity index is 661. The fourth-order valence-corrected chi connectivity index (χ4v) is 3.23. The van der Waals surface area contributed by atoms with E-state index in [1.807, 2.05) is 19.1 Å². The molecule has 23 heavy (non-hydrogen) atoms. The van der Waals surface area contributed by atoms with Crippen LogP contribution in [0.2, 0.25) is 10.0 Å². The molecule has 0 aliphatic carbocycles. The second kappa shape index (κ2) is 7.41. The van der Waals surface area contributed by atoms with Crippen molar-refractivity contribution in [3.8, 4) is 11.5 Å². The summed E-state index contributed by atoms with van der Waals surface area (Å²) in [7, 11) is 0. The summed E-state index contributed by atoms with van der Waals surface area (Å²) in [6.45, 7) is 2.43. The van der Waals surface area contributed by atoms with Gasteiger partial charge in [-0.05, 0) is 29.7 Å². The number of halogens is 2. The van der Waals surface area contributed by atoms with E-state index in [-0.39, 0.29) is 40.6 Å². The van der Waals surface area contributed by atoms with Gasteiger partial charge in [-0.25, -0.2) is 0 Å². The number of aromatic hydroxyl groups is 2. The second-order valence-electron chi connectivity index (χ2n) is 5.39. The Morgan fingerprint density at radius 3 is 1.57 bits per heavy atom. The SMILES string of the molecule is CCC(c1cc(Cl)c(O)c(CN)c1)c1cc(Cl)c(O)c(CN)c1. The van der Waals surface area contributed by atoms with Crippen molar-refractivity contribution in [1.82, 2.24) is 0 Å². The lowest BCUT2D eigenvalue weighted by Crippen LogP contribution is -2.05. The van der Waals surface area contributed by atoms with Crippen LogP contribution in [0.1, 0.15) is 41.5 Å². The molecule has 6 N–H and O–H groups in total. The maximum Gasteiger partial charge on any atom is 0.138 e. The van der Waals surface area contributed by atoms with Gasteiger partial charge in [-0.2, -0.15) is 0 Å². The molecule has 2 aromatic rings.